The second-order valence-corrected chi connectivity index (χ2v) is 7.38. The number of aliphatic hydroxyl groups is 1. The number of aldehydes is 1. The lowest BCUT2D eigenvalue weighted by atomic mass is 10.1. The summed E-state index contributed by atoms with van der Waals surface area (Å²) in [6.07, 6.45) is 2.65. The summed E-state index contributed by atoms with van der Waals surface area (Å²) in [7, 11) is 0. The van der Waals surface area contributed by atoms with Gasteiger partial charge in [-0.3, -0.25) is 0 Å². The van der Waals surface area contributed by atoms with Gasteiger partial charge in [0.25, 0.3) is 0 Å². The molecule has 0 spiro atoms. The number of rotatable bonds is 6. The minimum atomic E-state index is -0.217. The molecular formula is C24H25N3O2. The van der Waals surface area contributed by atoms with E-state index in [2.05, 4.69) is 34.5 Å². The van der Waals surface area contributed by atoms with E-state index in [0.29, 0.717) is 6.42 Å². The second kappa shape index (κ2) is 8.88. The number of anilines is 3. The van der Waals surface area contributed by atoms with E-state index in [9.17, 15) is 9.90 Å². The van der Waals surface area contributed by atoms with Gasteiger partial charge < -0.3 is 20.1 Å². The highest BCUT2D eigenvalue weighted by Crippen LogP contribution is 2.29. The van der Waals surface area contributed by atoms with Crippen LogP contribution in [0.5, 0.6) is 0 Å². The molecular weight excluding hydrogens is 362 g/mol. The van der Waals surface area contributed by atoms with Crippen molar-refractivity contribution in [1.29, 1.82) is 0 Å². The van der Waals surface area contributed by atoms with Crippen LogP contribution in [0, 0.1) is 0 Å². The van der Waals surface area contributed by atoms with Gasteiger partial charge in [-0.05, 0) is 36.6 Å². The van der Waals surface area contributed by atoms with Gasteiger partial charge in [0, 0.05) is 42.5 Å². The number of nitrogens with zero attached hydrogens (tertiary/aromatic N) is 2. The maximum absolute atomic E-state index is 10.7. The lowest BCUT2D eigenvalue weighted by Crippen LogP contribution is -2.36. The molecule has 0 aliphatic carbocycles. The number of pyridine rings is 1. The molecule has 2 aromatic carbocycles. The molecule has 1 aromatic heterocycles. The predicted octanol–water partition coefficient (Wildman–Crippen LogP) is 4.19. The van der Waals surface area contributed by atoms with Crippen molar-refractivity contribution >= 4 is 23.5 Å². The third-order valence-electron chi connectivity index (χ3n) is 5.23. The molecule has 1 aliphatic heterocycles. The Balaban J connectivity index is 1.64. The Morgan fingerprint density at radius 1 is 1.00 bits per heavy atom. The summed E-state index contributed by atoms with van der Waals surface area (Å²) in [6.45, 7) is 1.60. The van der Waals surface area contributed by atoms with Crippen LogP contribution in [0.25, 0.3) is 11.3 Å². The van der Waals surface area contributed by atoms with Crippen molar-refractivity contribution < 1.29 is 9.90 Å². The number of piperidine rings is 1. The lowest BCUT2D eigenvalue weighted by molar-refractivity contribution is -0.107. The number of nitrogens with one attached hydrogen (secondary N) is 1. The summed E-state index contributed by atoms with van der Waals surface area (Å²) in [5, 5.41) is 13.3. The van der Waals surface area contributed by atoms with Crippen molar-refractivity contribution in [1.82, 2.24) is 4.98 Å². The van der Waals surface area contributed by atoms with Crippen LogP contribution < -0.4 is 10.2 Å². The van der Waals surface area contributed by atoms with Crippen LogP contribution in [0.4, 0.5) is 17.2 Å². The highest BCUT2D eigenvalue weighted by molar-refractivity contribution is 5.72. The molecule has 1 aliphatic rings. The first kappa shape index (κ1) is 19.2. The first-order chi connectivity index (χ1) is 14.2. The van der Waals surface area contributed by atoms with Crippen LogP contribution in [-0.4, -0.2) is 35.6 Å². The molecule has 0 unspecified atom stereocenters. The first-order valence-electron chi connectivity index (χ1n) is 10.0. The molecule has 1 saturated heterocycles. The Labute approximate surface area is 171 Å². The SMILES string of the molecule is O=CCc1ccc(Nc2cc(-c3ccccc3)nc(N3CCC(O)CC3)c2)cc1. The van der Waals surface area contributed by atoms with Crippen molar-refractivity contribution in [3.63, 3.8) is 0 Å². The summed E-state index contributed by atoms with van der Waals surface area (Å²) >= 11 is 0. The number of carbonyl (C=O) groups is 1. The lowest BCUT2D eigenvalue weighted by Gasteiger charge is -2.31. The third kappa shape index (κ3) is 4.81. The number of hydrogen-bond acceptors (Lipinski definition) is 5. The van der Waals surface area contributed by atoms with E-state index >= 15 is 0 Å². The molecule has 2 heterocycles. The van der Waals surface area contributed by atoms with Crippen LogP contribution in [-0.2, 0) is 11.2 Å². The van der Waals surface area contributed by atoms with Gasteiger partial charge in [-0.25, -0.2) is 4.98 Å². The molecule has 1 fully saturated rings. The summed E-state index contributed by atoms with van der Waals surface area (Å²) in [6, 6.07) is 22.1. The van der Waals surface area contributed by atoms with Gasteiger partial charge in [0.2, 0.25) is 0 Å². The summed E-state index contributed by atoms with van der Waals surface area (Å²) in [4.78, 5) is 17.8. The smallest absolute Gasteiger partial charge is 0.131 e. The van der Waals surface area contributed by atoms with E-state index in [1.807, 2.05) is 42.5 Å². The number of benzene rings is 2. The van der Waals surface area contributed by atoms with E-state index in [-0.39, 0.29) is 6.10 Å². The Morgan fingerprint density at radius 2 is 1.72 bits per heavy atom. The topological polar surface area (TPSA) is 65.5 Å². The molecule has 0 saturated carbocycles. The van der Waals surface area contributed by atoms with Gasteiger partial charge in [-0.15, -0.1) is 0 Å². The number of aliphatic hydroxyl groups excluding tert-OH is 1. The average molecular weight is 387 g/mol. The Kier molecular flexibility index (Phi) is 5.86. The van der Waals surface area contributed by atoms with E-state index < -0.39 is 0 Å². The quantitative estimate of drug-likeness (QED) is 0.621. The van der Waals surface area contributed by atoms with Crippen LogP contribution in [0.15, 0.2) is 66.7 Å². The molecule has 29 heavy (non-hydrogen) atoms. The second-order valence-electron chi connectivity index (χ2n) is 7.38. The highest BCUT2D eigenvalue weighted by atomic mass is 16.3. The minimum Gasteiger partial charge on any atom is -0.393 e. The zero-order valence-electron chi connectivity index (χ0n) is 16.3. The zero-order valence-corrected chi connectivity index (χ0v) is 16.3. The third-order valence-corrected chi connectivity index (χ3v) is 5.23. The van der Waals surface area contributed by atoms with Crippen LogP contribution in [0.2, 0.25) is 0 Å². The maximum Gasteiger partial charge on any atom is 0.131 e. The largest absolute Gasteiger partial charge is 0.393 e. The molecule has 0 atom stereocenters. The van der Waals surface area contributed by atoms with Crippen LogP contribution in [0.3, 0.4) is 0 Å². The van der Waals surface area contributed by atoms with E-state index in [1.165, 1.54) is 0 Å². The number of hydrogen-bond donors (Lipinski definition) is 2. The average Bonchev–Trinajstić information content (AvgIpc) is 2.76. The van der Waals surface area contributed by atoms with Crippen molar-refractivity contribution in [2.24, 2.45) is 0 Å². The molecule has 0 radical (unpaired) electrons. The Hall–Kier alpha value is -3.18. The first-order valence-corrected chi connectivity index (χ1v) is 10.0. The van der Waals surface area contributed by atoms with Crippen LogP contribution in [0.1, 0.15) is 18.4 Å². The summed E-state index contributed by atoms with van der Waals surface area (Å²) in [5.41, 5.74) is 4.90. The minimum absolute atomic E-state index is 0.217. The van der Waals surface area contributed by atoms with Gasteiger partial charge in [-0.2, -0.15) is 0 Å². The van der Waals surface area contributed by atoms with E-state index in [1.54, 1.807) is 0 Å². The van der Waals surface area contributed by atoms with Crippen molar-refractivity contribution in [2.75, 3.05) is 23.3 Å². The van der Waals surface area contributed by atoms with Gasteiger partial charge in [0.05, 0.1) is 11.8 Å². The molecule has 3 aromatic rings. The summed E-state index contributed by atoms with van der Waals surface area (Å²) < 4.78 is 0. The fraction of sp³-hybridized carbons (Fsp3) is 0.250. The predicted molar refractivity (Wildman–Crippen MR) is 117 cm³/mol. The summed E-state index contributed by atoms with van der Waals surface area (Å²) in [5.74, 6) is 0.915. The normalized spacial score (nSPS) is 14.6. The molecule has 0 bridgehead atoms. The van der Waals surface area contributed by atoms with Crippen molar-refractivity contribution in [3.8, 4) is 11.3 Å². The number of aromatic nitrogens is 1. The van der Waals surface area contributed by atoms with E-state index in [0.717, 1.165) is 66.2 Å². The van der Waals surface area contributed by atoms with Gasteiger partial charge in [-0.1, -0.05) is 42.5 Å². The molecule has 2 N–H and O–H groups in total. The van der Waals surface area contributed by atoms with Gasteiger partial charge >= 0.3 is 0 Å². The molecule has 4 rings (SSSR count). The Morgan fingerprint density at radius 3 is 2.41 bits per heavy atom. The van der Waals surface area contributed by atoms with Crippen LogP contribution >= 0.6 is 0 Å². The fourth-order valence-electron chi connectivity index (χ4n) is 3.59. The van der Waals surface area contributed by atoms with Gasteiger partial charge in [0.15, 0.2) is 0 Å². The Bertz CT molecular complexity index is 950. The van der Waals surface area contributed by atoms with Crippen molar-refractivity contribution in [3.05, 3.63) is 72.3 Å². The zero-order chi connectivity index (χ0) is 20.1. The van der Waals surface area contributed by atoms with E-state index in [4.69, 9.17) is 4.98 Å². The maximum atomic E-state index is 10.7. The monoisotopic (exact) mass is 387 g/mol. The fourth-order valence-corrected chi connectivity index (χ4v) is 3.59. The molecule has 5 heteroatoms. The highest BCUT2D eigenvalue weighted by Gasteiger charge is 2.19. The molecule has 148 valence electrons. The molecule has 0 amide bonds. The van der Waals surface area contributed by atoms with Crippen molar-refractivity contribution in [2.45, 2.75) is 25.4 Å². The standard InChI is InChI=1S/C24H25N3O2/c28-15-12-18-6-8-20(9-7-18)25-21-16-23(19-4-2-1-3-5-19)26-24(17-21)27-13-10-22(29)11-14-27/h1-9,15-17,22,29H,10-14H2,(H,25,26). The van der Waals surface area contributed by atoms with Gasteiger partial charge in [0.1, 0.15) is 12.1 Å². The number of carbonyl (C=O) groups excluding carboxylic acids is 1. The molecule has 5 nitrogen and oxygen atoms in total.